The van der Waals surface area contributed by atoms with E-state index in [1.807, 2.05) is 6.92 Å². The lowest BCUT2D eigenvalue weighted by Gasteiger charge is -2.04. The first kappa shape index (κ1) is 7.92. The highest BCUT2D eigenvalue weighted by Crippen LogP contribution is 2.02. The highest BCUT2D eigenvalue weighted by atomic mass is 16.5. The Morgan fingerprint density at radius 1 is 1.38 bits per heavy atom. The Morgan fingerprint density at radius 3 is 2.38 bits per heavy atom. The van der Waals surface area contributed by atoms with Gasteiger partial charge in [0.1, 0.15) is 0 Å². The quantitative estimate of drug-likeness (QED) is 0.551. The van der Waals surface area contributed by atoms with Crippen molar-refractivity contribution in [3.05, 3.63) is 6.10 Å². The van der Waals surface area contributed by atoms with Gasteiger partial charge in [-0.15, -0.1) is 0 Å². The first-order valence-electron chi connectivity index (χ1n) is 2.66. The second-order valence-corrected chi connectivity index (χ2v) is 1.65. The van der Waals surface area contributed by atoms with Crippen LogP contribution >= 0.6 is 0 Å². The molecular weight excluding hydrogens is 104 g/mol. The van der Waals surface area contributed by atoms with Gasteiger partial charge in [-0.05, 0) is 6.92 Å². The van der Waals surface area contributed by atoms with E-state index in [9.17, 15) is 0 Å². The van der Waals surface area contributed by atoms with Crippen LogP contribution in [0.3, 0.4) is 0 Å². The summed E-state index contributed by atoms with van der Waals surface area (Å²) in [7, 11) is 3.36. The van der Waals surface area contributed by atoms with Crippen LogP contribution in [0, 0.1) is 6.10 Å². The fourth-order valence-corrected chi connectivity index (χ4v) is 0.348. The molecular formula is C6H13O2. The SMILES string of the molecule is COCC[C](C)OC. The van der Waals surface area contributed by atoms with Gasteiger partial charge in [0.05, 0.1) is 6.10 Å². The topological polar surface area (TPSA) is 18.5 Å². The number of rotatable bonds is 4. The summed E-state index contributed by atoms with van der Waals surface area (Å²) in [6.45, 7) is 2.69. The van der Waals surface area contributed by atoms with Crippen LogP contribution in [0.25, 0.3) is 0 Å². The van der Waals surface area contributed by atoms with Gasteiger partial charge in [0.2, 0.25) is 0 Å². The van der Waals surface area contributed by atoms with Crippen molar-refractivity contribution in [3.63, 3.8) is 0 Å². The van der Waals surface area contributed by atoms with Crippen LogP contribution in [0.2, 0.25) is 0 Å². The Labute approximate surface area is 50.8 Å². The van der Waals surface area contributed by atoms with Crippen molar-refractivity contribution < 1.29 is 9.47 Å². The molecule has 0 spiro atoms. The maximum absolute atomic E-state index is 4.89. The molecule has 0 bridgehead atoms. The van der Waals surface area contributed by atoms with E-state index < -0.39 is 0 Å². The molecule has 0 heterocycles. The van der Waals surface area contributed by atoms with Crippen LogP contribution in [0.1, 0.15) is 13.3 Å². The molecule has 0 aromatic heterocycles. The summed E-state index contributed by atoms with van der Waals surface area (Å²) in [5.41, 5.74) is 0. The minimum Gasteiger partial charge on any atom is -0.385 e. The zero-order chi connectivity index (χ0) is 6.41. The van der Waals surface area contributed by atoms with Crippen LogP contribution in [0.15, 0.2) is 0 Å². The summed E-state index contributed by atoms with van der Waals surface area (Å²) in [6, 6.07) is 0. The molecule has 0 aliphatic rings. The first-order chi connectivity index (χ1) is 3.81. The van der Waals surface area contributed by atoms with Crippen molar-refractivity contribution in [1.29, 1.82) is 0 Å². The summed E-state index contributed by atoms with van der Waals surface area (Å²) >= 11 is 0. The van der Waals surface area contributed by atoms with E-state index in [0.717, 1.165) is 19.1 Å². The van der Waals surface area contributed by atoms with E-state index in [1.165, 1.54) is 0 Å². The van der Waals surface area contributed by atoms with Crippen molar-refractivity contribution in [2.24, 2.45) is 0 Å². The molecule has 2 nitrogen and oxygen atoms in total. The molecule has 49 valence electrons. The van der Waals surface area contributed by atoms with E-state index in [1.54, 1.807) is 14.2 Å². The largest absolute Gasteiger partial charge is 0.385 e. The molecule has 0 rings (SSSR count). The number of ether oxygens (including phenoxy) is 2. The molecule has 0 aliphatic carbocycles. The normalized spacial score (nSPS) is 10.5. The van der Waals surface area contributed by atoms with E-state index in [0.29, 0.717) is 0 Å². The average Bonchev–Trinajstić information content (AvgIpc) is 1.83. The van der Waals surface area contributed by atoms with Crippen LogP contribution in [-0.4, -0.2) is 20.8 Å². The van der Waals surface area contributed by atoms with Crippen molar-refractivity contribution in [3.8, 4) is 0 Å². The lowest BCUT2D eigenvalue weighted by molar-refractivity contribution is 0.145. The lowest BCUT2D eigenvalue weighted by atomic mass is 10.3. The molecule has 0 N–H and O–H groups in total. The molecule has 0 fully saturated rings. The second-order valence-electron chi connectivity index (χ2n) is 1.65. The van der Waals surface area contributed by atoms with Gasteiger partial charge in [0.15, 0.2) is 0 Å². The Morgan fingerprint density at radius 2 is 2.00 bits per heavy atom. The van der Waals surface area contributed by atoms with Crippen molar-refractivity contribution in [2.75, 3.05) is 20.8 Å². The number of hydrogen-bond acceptors (Lipinski definition) is 2. The molecule has 0 aromatic rings. The summed E-state index contributed by atoms with van der Waals surface area (Å²) in [4.78, 5) is 0. The summed E-state index contributed by atoms with van der Waals surface area (Å²) < 4.78 is 9.70. The van der Waals surface area contributed by atoms with Crippen molar-refractivity contribution >= 4 is 0 Å². The van der Waals surface area contributed by atoms with E-state index in [4.69, 9.17) is 9.47 Å². The van der Waals surface area contributed by atoms with Crippen molar-refractivity contribution in [2.45, 2.75) is 13.3 Å². The third-order valence-corrected chi connectivity index (χ3v) is 1.01. The van der Waals surface area contributed by atoms with Gasteiger partial charge in [-0.2, -0.15) is 0 Å². The van der Waals surface area contributed by atoms with Crippen LogP contribution in [0.4, 0.5) is 0 Å². The smallest absolute Gasteiger partial charge is 0.0958 e. The van der Waals surface area contributed by atoms with Gasteiger partial charge in [-0.3, -0.25) is 0 Å². The highest BCUT2D eigenvalue weighted by Gasteiger charge is 1.97. The zero-order valence-corrected chi connectivity index (χ0v) is 5.73. The molecule has 1 radical (unpaired) electrons. The van der Waals surface area contributed by atoms with E-state index in [-0.39, 0.29) is 0 Å². The molecule has 0 aliphatic heterocycles. The third-order valence-electron chi connectivity index (χ3n) is 1.01. The minimum absolute atomic E-state index is 0.750. The Kier molecular flexibility index (Phi) is 5.01. The Bertz CT molecular complexity index is 45.8. The van der Waals surface area contributed by atoms with Gasteiger partial charge >= 0.3 is 0 Å². The van der Waals surface area contributed by atoms with Gasteiger partial charge in [0, 0.05) is 27.2 Å². The maximum Gasteiger partial charge on any atom is 0.0958 e. The minimum atomic E-state index is 0.750. The molecule has 0 aromatic carbocycles. The molecule has 0 saturated carbocycles. The average molecular weight is 117 g/mol. The molecule has 0 amide bonds. The van der Waals surface area contributed by atoms with Gasteiger partial charge < -0.3 is 9.47 Å². The molecule has 0 atom stereocenters. The number of methoxy groups -OCH3 is 2. The predicted octanol–water partition coefficient (Wildman–Crippen LogP) is 1.22. The maximum atomic E-state index is 4.89. The van der Waals surface area contributed by atoms with Crippen LogP contribution in [-0.2, 0) is 9.47 Å². The second kappa shape index (κ2) is 5.06. The predicted molar refractivity (Wildman–Crippen MR) is 32.4 cm³/mol. The standard InChI is InChI=1S/C6H13O2/c1-6(8-3)4-5-7-2/h4-5H2,1-3H3. The van der Waals surface area contributed by atoms with Gasteiger partial charge in [-0.1, -0.05) is 0 Å². The highest BCUT2D eigenvalue weighted by molar-refractivity contribution is 4.68. The molecule has 8 heavy (non-hydrogen) atoms. The fourth-order valence-electron chi connectivity index (χ4n) is 0.348. The fraction of sp³-hybridized carbons (Fsp3) is 0.833. The van der Waals surface area contributed by atoms with Crippen LogP contribution < -0.4 is 0 Å². The summed E-state index contributed by atoms with van der Waals surface area (Å²) in [6.07, 6.45) is 1.92. The third kappa shape index (κ3) is 4.09. The van der Waals surface area contributed by atoms with E-state index in [2.05, 4.69) is 0 Å². The first-order valence-corrected chi connectivity index (χ1v) is 2.66. The Hall–Kier alpha value is -0.0800. The number of hydrogen-bond donors (Lipinski definition) is 0. The van der Waals surface area contributed by atoms with Crippen molar-refractivity contribution in [1.82, 2.24) is 0 Å². The Balaban J connectivity index is 2.86. The summed E-state index contributed by atoms with van der Waals surface area (Å²) in [5.74, 6) is 0. The van der Waals surface area contributed by atoms with Crippen LogP contribution in [0.5, 0.6) is 0 Å². The molecule has 0 unspecified atom stereocenters. The van der Waals surface area contributed by atoms with E-state index >= 15 is 0 Å². The molecule has 2 heteroatoms. The van der Waals surface area contributed by atoms with Gasteiger partial charge in [0.25, 0.3) is 0 Å². The zero-order valence-electron chi connectivity index (χ0n) is 5.73. The van der Waals surface area contributed by atoms with Gasteiger partial charge in [-0.25, -0.2) is 0 Å². The monoisotopic (exact) mass is 117 g/mol. The molecule has 0 saturated heterocycles. The summed E-state index contributed by atoms with van der Waals surface area (Å²) in [5, 5.41) is 0. The lowest BCUT2D eigenvalue weighted by Crippen LogP contribution is -1.98.